The Hall–Kier alpha value is -1.60. The molecule has 1 N–H and O–H groups in total. The predicted molar refractivity (Wildman–Crippen MR) is 78.6 cm³/mol. The van der Waals surface area contributed by atoms with Gasteiger partial charge in [0.15, 0.2) is 5.58 Å². The van der Waals surface area contributed by atoms with Gasteiger partial charge in [-0.25, -0.2) is 17.9 Å². The van der Waals surface area contributed by atoms with Crippen molar-refractivity contribution in [1.82, 2.24) is 9.29 Å². The van der Waals surface area contributed by atoms with Gasteiger partial charge in [-0.05, 0) is 31.0 Å². The second kappa shape index (κ2) is 5.31. The number of hydrogen-bond acceptors (Lipinski definition) is 4. The lowest BCUT2D eigenvalue weighted by Crippen LogP contribution is -2.36. The molecule has 7 heteroatoms. The highest BCUT2D eigenvalue weighted by atomic mass is 32.2. The van der Waals surface area contributed by atoms with Crippen molar-refractivity contribution in [2.24, 2.45) is 7.05 Å². The Labute approximate surface area is 122 Å². The average molecular weight is 310 g/mol. The van der Waals surface area contributed by atoms with Crippen LogP contribution in [0.1, 0.15) is 32.1 Å². The van der Waals surface area contributed by atoms with E-state index in [-0.39, 0.29) is 10.9 Å². The Morgan fingerprint density at radius 1 is 1.24 bits per heavy atom. The van der Waals surface area contributed by atoms with Gasteiger partial charge in [0.2, 0.25) is 10.0 Å². The quantitative estimate of drug-likeness (QED) is 0.936. The monoisotopic (exact) mass is 310 g/mol. The van der Waals surface area contributed by atoms with Crippen molar-refractivity contribution in [1.29, 1.82) is 0 Å². The number of sulfonamides is 1. The van der Waals surface area contributed by atoms with E-state index in [1.165, 1.54) is 29.2 Å². The number of aromatic nitrogens is 1. The number of oxazole rings is 1. The topological polar surface area (TPSA) is 81.3 Å². The van der Waals surface area contributed by atoms with Crippen LogP contribution in [0.15, 0.2) is 32.3 Å². The second-order valence-corrected chi connectivity index (χ2v) is 7.23. The molecule has 0 unspecified atom stereocenters. The number of nitrogens with one attached hydrogen (secondary N) is 1. The maximum absolute atomic E-state index is 12.4. The zero-order valence-corrected chi connectivity index (χ0v) is 12.6. The number of rotatable bonds is 3. The lowest BCUT2D eigenvalue weighted by molar-refractivity contribution is 0.412. The highest BCUT2D eigenvalue weighted by Gasteiger charge is 2.22. The zero-order chi connectivity index (χ0) is 15.0. The Morgan fingerprint density at radius 3 is 2.67 bits per heavy atom. The van der Waals surface area contributed by atoms with Crippen LogP contribution in [0, 0.1) is 0 Å². The van der Waals surface area contributed by atoms with Crippen molar-refractivity contribution in [3.8, 4) is 0 Å². The first-order valence-electron chi connectivity index (χ1n) is 7.09. The average Bonchev–Trinajstić information content (AvgIpc) is 2.74. The van der Waals surface area contributed by atoms with Crippen LogP contribution < -0.4 is 10.5 Å². The zero-order valence-electron chi connectivity index (χ0n) is 11.8. The van der Waals surface area contributed by atoms with Crippen LogP contribution in [-0.2, 0) is 17.1 Å². The first-order valence-corrected chi connectivity index (χ1v) is 8.57. The Balaban J connectivity index is 1.94. The summed E-state index contributed by atoms with van der Waals surface area (Å²) < 4.78 is 33.9. The van der Waals surface area contributed by atoms with Crippen LogP contribution in [0.5, 0.6) is 0 Å². The fourth-order valence-corrected chi connectivity index (χ4v) is 4.11. The SMILES string of the molecule is Cn1c(=O)oc2ccc(S(=O)(=O)NC3CCCCC3)cc21. The van der Waals surface area contributed by atoms with Gasteiger partial charge in [0.1, 0.15) is 0 Å². The third kappa shape index (κ3) is 2.75. The molecule has 1 aliphatic rings. The van der Waals surface area contributed by atoms with Crippen molar-refractivity contribution in [2.45, 2.75) is 43.0 Å². The highest BCUT2D eigenvalue weighted by Crippen LogP contribution is 2.22. The van der Waals surface area contributed by atoms with E-state index in [0.29, 0.717) is 11.1 Å². The molecule has 3 rings (SSSR count). The molecule has 0 aliphatic heterocycles. The summed E-state index contributed by atoms with van der Waals surface area (Å²) >= 11 is 0. The van der Waals surface area contributed by atoms with E-state index in [2.05, 4.69) is 4.72 Å². The standard InChI is InChI=1S/C14H18N2O4S/c1-16-12-9-11(7-8-13(12)20-14(16)17)21(18,19)15-10-5-3-2-4-6-10/h7-10,15H,2-6H2,1H3. The summed E-state index contributed by atoms with van der Waals surface area (Å²) in [6, 6.07) is 4.47. The Bertz CT molecular complexity index is 813. The minimum atomic E-state index is -3.57. The van der Waals surface area contributed by atoms with E-state index in [0.717, 1.165) is 25.7 Å². The van der Waals surface area contributed by atoms with E-state index < -0.39 is 15.8 Å². The van der Waals surface area contributed by atoms with Gasteiger partial charge in [-0.1, -0.05) is 19.3 Å². The van der Waals surface area contributed by atoms with E-state index in [1.807, 2.05) is 0 Å². The molecule has 21 heavy (non-hydrogen) atoms. The number of nitrogens with zero attached hydrogens (tertiary/aromatic N) is 1. The van der Waals surface area contributed by atoms with Gasteiger partial charge >= 0.3 is 5.76 Å². The Morgan fingerprint density at radius 2 is 1.95 bits per heavy atom. The maximum atomic E-state index is 12.4. The van der Waals surface area contributed by atoms with Crippen LogP contribution >= 0.6 is 0 Å². The smallest absolute Gasteiger partial charge is 0.408 e. The first kappa shape index (κ1) is 14.3. The van der Waals surface area contributed by atoms with Crippen molar-refractivity contribution in [3.05, 3.63) is 28.7 Å². The molecule has 1 aromatic heterocycles. The minimum Gasteiger partial charge on any atom is -0.408 e. The fourth-order valence-electron chi connectivity index (χ4n) is 2.78. The normalized spacial score (nSPS) is 17.4. The second-order valence-electron chi connectivity index (χ2n) is 5.51. The number of fused-ring (bicyclic) bond motifs is 1. The molecular weight excluding hydrogens is 292 g/mol. The molecule has 0 saturated heterocycles. The van der Waals surface area contributed by atoms with Gasteiger partial charge in [-0.15, -0.1) is 0 Å². The van der Waals surface area contributed by atoms with E-state index in [4.69, 9.17) is 4.42 Å². The van der Waals surface area contributed by atoms with Crippen molar-refractivity contribution in [2.75, 3.05) is 0 Å². The lowest BCUT2D eigenvalue weighted by Gasteiger charge is -2.22. The number of benzene rings is 1. The van der Waals surface area contributed by atoms with Crippen LogP contribution in [-0.4, -0.2) is 19.0 Å². The van der Waals surface area contributed by atoms with Gasteiger partial charge in [0.25, 0.3) is 0 Å². The molecule has 0 atom stereocenters. The number of aryl methyl sites for hydroxylation is 1. The lowest BCUT2D eigenvalue weighted by atomic mass is 9.96. The molecule has 2 aromatic rings. The minimum absolute atomic E-state index is 0.00705. The third-order valence-corrected chi connectivity index (χ3v) is 5.52. The predicted octanol–water partition coefficient (Wildman–Crippen LogP) is 1.74. The van der Waals surface area contributed by atoms with Gasteiger partial charge in [-0.3, -0.25) is 4.57 Å². The molecule has 1 aliphatic carbocycles. The third-order valence-electron chi connectivity index (χ3n) is 4.00. The molecule has 1 aromatic carbocycles. The number of hydrogen-bond donors (Lipinski definition) is 1. The highest BCUT2D eigenvalue weighted by molar-refractivity contribution is 7.89. The molecule has 0 radical (unpaired) electrons. The molecule has 1 saturated carbocycles. The van der Waals surface area contributed by atoms with Gasteiger partial charge in [-0.2, -0.15) is 0 Å². The molecular formula is C14H18N2O4S. The van der Waals surface area contributed by atoms with E-state index in [1.54, 1.807) is 7.05 Å². The summed E-state index contributed by atoms with van der Waals surface area (Å²) in [6.07, 6.45) is 5.05. The maximum Gasteiger partial charge on any atom is 0.419 e. The van der Waals surface area contributed by atoms with Gasteiger partial charge < -0.3 is 4.42 Å². The molecule has 1 fully saturated rings. The van der Waals surface area contributed by atoms with Crippen molar-refractivity contribution < 1.29 is 12.8 Å². The van der Waals surface area contributed by atoms with Crippen LogP contribution in [0.25, 0.3) is 11.1 Å². The molecule has 1 heterocycles. The van der Waals surface area contributed by atoms with Crippen LogP contribution in [0.3, 0.4) is 0 Å². The van der Waals surface area contributed by atoms with Crippen LogP contribution in [0.2, 0.25) is 0 Å². The summed E-state index contributed by atoms with van der Waals surface area (Å²) in [5.74, 6) is -0.500. The Kier molecular flexibility index (Phi) is 3.62. The van der Waals surface area contributed by atoms with Crippen molar-refractivity contribution >= 4 is 21.1 Å². The molecule has 0 bridgehead atoms. The van der Waals surface area contributed by atoms with Gasteiger partial charge in [0, 0.05) is 13.1 Å². The summed E-state index contributed by atoms with van der Waals surface area (Å²) in [4.78, 5) is 11.6. The summed E-state index contributed by atoms with van der Waals surface area (Å²) in [6.45, 7) is 0. The van der Waals surface area contributed by atoms with Gasteiger partial charge in [0.05, 0.1) is 10.4 Å². The van der Waals surface area contributed by atoms with Crippen LogP contribution in [0.4, 0.5) is 0 Å². The molecule has 6 nitrogen and oxygen atoms in total. The molecule has 114 valence electrons. The fraction of sp³-hybridized carbons (Fsp3) is 0.500. The molecule has 0 spiro atoms. The largest absolute Gasteiger partial charge is 0.419 e. The van der Waals surface area contributed by atoms with E-state index >= 15 is 0 Å². The molecule has 0 amide bonds. The summed E-state index contributed by atoms with van der Waals surface area (Å²) in [5, 5.41) is 0. The summed E-state index contributed by atoms with van der Waals surface area (Å²) in [7, 11) is -2.01. The summed E-state index contributed by atoms with van der Waals surface area (Å²) in [5.41, 5.74) is 0.866. The van der Waals surface area contributed by atoms with E-state index in [9.17, 15) is 13.2 Å². The first-order chi connectivity index (χ1) is 9.97. The van der Waals surface area contributed by atoms with Crippen molar-refractivity contribution in [3.63, 3.8) is 0 Å².